The van der Waals surface area contributed by atoms with Gasteiger partial charge in [0.1, 0.15) is 0 Å². The number of nitrogens with one attached hydrogen (secondary N) is 2. The highest BCUT2D eigenvalue weighted by atomic mass is 32.2. The summed E-state index contributed by atoms with van der Waals surface area (Å²) < 4.78 is 57.5. The predicted octanol–water partition coefficient (Wildman–Crippen LogP) is 1.92. The van der Waals surface area contributed by atoms with Gasteiger partial charge in [0.05, 0.1) is 17.6 Å². The van der Waals surface area contributed by atoms with Crippen LogP contribution in [0.15, 0.2) is 47.4 Å². The summed E-state index contributed by atoms with van der Waals surface area (Å²) in [5.74, 6) is -1.74. The summed E-state index contributed by atoms with van der Waals surface area (Å²) >= 11 is 0. The van der Waals surface area contributed by atoms with Crippen LogP contribution in [0.2, 0.25) is 0 Å². The fraction of sp³-hybridized carbons (Fsp3) is 0.409. The van der Waals surface area contributed by atoms with Gasteiger partial charge in [0, 0.05) is 46.8 Å². The van der Waals surface area contributed by atoms with Gasteiger partial charge in [-0.2, -0.15) is 0 Å². The summed E-state index contributed by atoms with van der Waals surface area (Å²) in [4.78, 5) is 14.4. The van der Waals surface area contributed by atoms with Crippen molar-refractivity contribution in [1.29, 1.82) is 0 Å². The summed E-state index contributed by atoms with van der Waals surface area (Å²) in [7, 11) is -0.564. The van der Waals surface area contributed by atoms with Crippen LogP contribution in [0.3, 0.4) is 0 Å². The highest BCUT2D eigenvalue weighted by Crippen LogP contribution is 2.15. The Labute approximate surface area is 192 Å². The van der Waals surface area contributed by atoms with Crippen LogP contribution >= 0.6 is 0 Å². The van der Waals surface area contributed by atoms with E-state index >= 15 is 0 Å². The average Bonchev–Trinajstić information content (AvgIpc) is 2.79. The lowest BCUT2D eigenvalue weighted by Gasteiger charge is -2.33. The van der Waals surface area contributed by atoms with E-state index in [1.165, 1.54) is 32.3 Å². The van der Waals surface area contributed by atoms with Crippen molar-refractivity contribution in [1.82, 2.24) is 19.8 Å². The number of ether oxygens (including phenoxy) is 1. The van der Waals surface area contributed by atoms with Gasteiger partial charge >= 0.3 is 6.03 Å². The van der Waals surface area contributed by atoms with Gasteiger partial charge in [-0.1, -0.05) is 18.2 Å². The zero-order chi connectivity index (χ0) is 24.0. The van der Waals surface area contributed by atoms with E-state index in [2.05, 4.69) is 15.5 Å². The first-order valence-corrected chi connectivity index (χ1v) is 11.9. The van der Waals surface area contributed by atoms with E-state index in [1.807, 2.05) is 0 Å². The first kappa shape index (κ1) is 25.0. The summed E-state index contributed by atoms with van der Waals surface area (Å²) in [5.41, 5.74) is 1.43. The van der Waals surface area contributed by atoms with Gasteiger partial charge in [-0.25, -0.2) is 26.3 Å². The minimum atomic E-state index is -3.49. The highest BCUT2D eigenvalue weighted by molar-refractivity contribution is 7.89. The molecule has 0 bridgehead atoms. The Bertz CT molecular complexity index is 1060. The molecule has 2 aromatic rings. The molecule has 33 heavy (non-hydrogen) atoms. The number of hydrogen-bond acceptors (Lipinski definition) is 5. The molecule has 0 aromatic heterocycles. The zero-order valence-electron chi connectivity index (χ0n) is 18.6. The third-order valence-electron chi connectivity index (χ3n) is 5.26. The summed E-state index contributed by atoms with van der Waals surface area (Å²) in [6, 6.07) is 9.78. The molecule has 2 N–H and O–H groups in total. The van der Waals surface area contributed by atoms with Crippen LogP contribution in [0.25, 0.3) is 0 Å². The third kappa shape index (κ3) is 6.94. The maximum atomic E-state index is 13.4. The number of sulfonamides is 1. The van der Waals surface area contributed by atoms with Crippen molar-refractivity contribution in [3.8, 4) is 0 Å². The summed E-state index contributed by atoms with van der Waals surface area (Å²) in [5, 5.41) is 5.49. The number of morpholine rings is 1. The first-order chi connectivity index (χ1) is 15.6. The van der Waals surface area contributed by atoms with Crippen molar-refractivity contribution in [2.24, 2.45) is 0 Å². The Morgan fingerprint density at radius 2 is 1.79 bits per heavy atom. The number of rotatable bonds is 8. The Morgan fingerprint density at radius 3 is 2.45 bits per heavy atom. The van der Waals surface area contributed by atoms with Crippen molar-refractivity contribution in [3.63, 3.8) is 0 Å². The maximum absolute atomic E-state index is 13.4. The molecule has 1 aliphatic rings. The number of halogens is 2. The van der Waals surface area contributed by atoms with Crippen molar-refractivity contribution >= 4 is 16.1 Å². The number of nitrogens with zero attached hydrogens (tertiary/aromatic N) is 2. The maximum Gasteiger partial charge on any atom is 0.315 e. The average molecular weight is 483 g/mol. The molecule has 1 saturated heterocycles. The molecular formula is C22H28F2N4O4S. The Morgan fingerprint density at radius 1 is 1.09 bits per heavy atom. The summed E-state index contributed by atoms with van der Waals surface area (Å²) in [6.07, 6.45) is -0.231. The van der Waals surface area contributed by atoms with Crippen LogP contribution in [0.5, 0.6) is 0 Å². The quantitative estimate of drug-likeness (QED) is 0.600. The van der Waals surface area contributed by atoms with Crippen LogP contribution in [0, 0.1) is 11.6 Å². The molecule has 2 amide bonds. The lowest BCUT2D eigenvalue weighted by molar-refractivity contribution is -0.0287. The minimum absolute atomic E-state index is 0.183. The van der Waals surface area contributed by atoms with E-state index in [4.69, 9.17) is 4.74 Å². The second-order valence-electron chi connectivity index (χ2n) is 7.97. The van der Waals surface area contributed by atoms with Crippen LogP contribution in [0.4, 0.5) is 13.6 Å². The third-order valence-corrected chi connectivity index (χ3v) is 7.09. The molecule has 8 nitrogen and oxygen atoms in total. The molecule has 1 aliphatic heterocycles. The second kappa shape index (κ2) is 11.0. The van der Waals surface area contributed by atoms with E-state index in [1.54, 1.807) is 18.2 Å². The van der Waals surface area contributed by atoms with Crippen LogP contribution in [-0.2, 0) is 27.8 Å². The number of urea groups is 1. The van der Waals surface area contributed by atoms with Gasteiger partial charge in [-0.15, -0.1) is 0 Å². The van der Waals surface area contributed by atoms with Gasteiger partial charge in [0.15, 0.2) is 11.6 Å². The molecular weight excluding hydrogens is 454 g/mol. The van der Waals surface area contributed by atoms with Crippen LogP contribution < -0.4 is 10.6 Å². The molecule has 0 aliphatic carbocycles. The Hall–Kier alpha value is -2.60. The van der Waals surface area contributed by atoms with E-state index in [-0.39, 0.29) is 23.6 Å². The van der Waals surface area contributed by atoms with Crippen molar-refractivity contribution in [3.05, 3.63) is 65.2 Å². The predicted molar refractivity (Wildman–Crippen MR) is 119 cm³/mol. The fourth-order valence-corrected chi connectivity index (χ4v) is 4.29. The van der Waals surface area contributed by atoms with E-state index < -0.39 is 21.7 Å². The molecule has 11 heteroatoms. The smallest absolute Gasteiger partial charge is 0.315 e. The molecule has 0 saturated carbocycles. The van der Waals surface area contributed by atoms with Crippen molar-refractivity contribution < 1.29 is 26.7 Å². The van der Waals surface area contributed by atoms with E-state index in [0.29, 0.717) is 38.3 Å². The molecule has 2 aromatic carbocycles. The monoisotopic (exact) mass is 482 g/mol. The van der Waals surface area contributed by atoms with Gasteiger partial charge in [-0.3, -0.25) is 4.90 Å². The number of benzene rings is 2. The van der Waals surface area contributed by atoms with Crippen LogP contribution in [0.1, 0.15) is 11.1 Å². The van der Waals surface area contributed by atoms with Gasteiger partial charge < -0.3 is 15.4 Å². The normalized spacial score (nSPS) is 17.2. The number of carbonyl (C=O) groups excluding carboxylic acids is 1. The SMILES string of the molecule is CN(C)S(=O)(=O)c1ccc(CNC(=O)NC[C@H]2CN(Cc3ccc(F)c(F)c3)CCO2)cc1. The Kier molecular flexibility index (Phi) is 8.35. The van der Waals surface area contributed by atoms with E-state index in [0.717, 1.165) is 15.9 Å². The molecule has 1 atom stereocenters. The van der Waals surface area contributed by atoms with Gasteiger partial charge in [0.25, 0.3) is 0 Å². The number of carbonyl (C=O) groups is 1. The number of amides is 2. The summed E-state index contributed by atoms with van der Waals surface area (Å²) in [6.45, 7) is 2.66. The standard InChI is InChI=1S/C22H28F2N4O4S/c1-27(2)33(30,31)19-6-3-16(4-7-19)12-25-22(29)26-13-18-15-28(9-10-32-18)14-17-5-8-20(23)21(24)11-17/h3-8,11,18H,9-10,12-15H2,1-2H3,(H2,25,26,29)/t18-/m0/s1. The molecule has 180 valence electrons. The highest BCUT2D eigenvalue weighted by Gasteiger charge is 2.21. The molecule has 0 spiro atoms. The lowest BCUT2D eigenvalue weighted by atomic mass is 10.1. The Balaban J connectivity index is 1.42. The molecule has 1 heterocycles. The fourth-order valence-electron chi connectivity index (χ4n) is 3.39. The van der Waals surface area contributed by atoms with Gasteiger partial charge in [0.2, 0.25) is 10.0 Å². The largest absolute Gasteiger partial charge is 0.374 e. The molecule has 1 fully saturated rings. The topological polar surface area (TPSA) is 91.0 Å². The minimum Gasteiger partial charge on any atom is -0.374 e. The molecule has 0 unspecified atom stereocenters. The number of hydrogen-bond donors (Lipinski definition) is 2. The van der Waals surface area contributed by atoms with E-state index in [9.17, 15) is 22.0 Å². The molecule has 0 radical (unpaired) electrons. The van der Waals surface area contributed by atoms with Gasteiger partial charge in [-0.05, 0) is 35.4 Å². The lowest BCUT2D eigenvalue weighted by Crippen LogP contribution is -2.48. The zero-order valence-corrected chi connectivity index (χ0v) is 19.4. The van der Waals surface area contributed by atoms with Crippen molar-refractivity contribution in [2.75, 3.05) is 40.3 Å². The second-order valence-corrected chi connectivity index (χ2v) is 10.1. The van der Waals surface area contributed by atoms with Crippen LogP contribution in [-0.4, -0.2) is 70.1 Å². The first-order valence-electron chi connectivity index (χ1n) is 10.5. The van der Waals surface area contributed by atoms with Crippen molar-refractivity contribution in [2.45, 2.75) is 24.1 Å². The molecule has 3 rings (SSSR count).